The van der Waals surface area contributed by atoms with Gasteiger partial charge in [-0.3, -0.25) is 0 Å². The van der Waals surface area contributed by atoms with E-state index in [4.69, 9.17) is 5.26 Å². The van der Waals surface area contributed by atoms with E-state index in [1.165, 1.54) is 6.08 Å². The van der Waals surface area contributed by atoms with Gasteiger partial charge in [0.1, 0.15) is 17.7 Å². The first kappa shape index (κ1) is 10.9. The highest BCUT2D eigenvalue weighted by Gasteiger charge is 2.06. The molecule has 0 radical (unpaired) electrons. The molecule has 4 heteroatoms. The molecule has 1 nitrogen and oxygen atoms in total. The van der Waals surface area contributed by atoms with Crippen LogP contribution < -0.4 is 0 Å². The second kappa shape index (κ2) is 4.87. The molecule has 0 fully saturated rings. The van der Waals surface area contributed by atoms with Gasteiger partial charge in [-0.05, 0) is 12.1 Å². The highest BCUT2D eigenvalue weighted by atomic mass is 79.9. The van der Waals surface area contributed by atoms with Crippen LogP contribution in [0, 0.1) is 23.0 Å². The zero-order chi connectivity index (χ0) is 10.6. The van der Waals surface area contributed by atoms with Crippen LogP contribution in [-0.4, -0.2) is 5.33 Å². The second-order valence-electron chi connectivity index (χ2n) is 2.52. The molecule has 1 aromatic rings. The van der Waals surface area contributed by atoms with Gasteiger partial charge < -0.3 is 0 Å². The molecule has 0 saturated carbocycles. The van der Waals surface area contributed by atoms with Crippen LogP contribution in [0.3, 0.4) is 0 Å². The minimum absolute atomic E-state index is 0.140. The molecule has 0 aromatic heterocycles. The van der Waals surface area contributed by atoms with E-state index in [1.807, 2.05) is 0 Å². The van der Waals surface area contributed by atoms with E-state index in [1.54, 1.807) is 12.1 Å². The van der Waals surface area contributed by atoms with Gasteiger partial charge >= 0.3 is 0 Å². The zero-order valence-electron chi connectivity index (χ0n) is 7.10. The molecule has 1 rings (SSSR count). The predicted octanol–water partition coefficient (Wildman–Crippen LogP) is 3.24. The summed E-state index contributed by atoms with van der Waals surface area (Å²) >= 11 is 3.12. The number of benzene rings is 1. The summed E-state index contributed by atoms with van der Waals surface area (Å²) in [5.74, 6) is -1.30. The van der Waals surface area contributed by atoms with E-state index in [0.717, 1.165) is 12.1 Å². The largest absolute Gasteiger partial charge is 0.206 e. The molecule has 14 heavy (non-hydrogen) atoms. The Morgan fingerprint density at radius 3 is 2.64 bits per heavy atom. The topological polar surface area (TPSA) is 23.8 Å². The van der Waals surface area contributed by atoms with E-state index in [2.05, 4.69) is 15.9 Å². The fourth-order valence-corrected chi connectivity index (χ4v) is 1.13. The smallest absolute Gasteiger partial charge is 0.141 e. The van der Waals surface area contributed by atoms with Gasteiger partial charge in [-0.25, -0.2) is 8.78 Å². The minimum Gasteiger partial charge on any atom is -0.206 e. The number of hydrogen-bond donors (Lipinski definition) is 0. The first-order chi connectivity index (χ1) is 6.69. The molecular formula is C10H6BrF2N. The van der Waals surface area contributed by atoms with Crippen LogP contribution in [0.25, 0.3) is 6.08 Å². The van der Waals surface area contributed by atoms with Crippen LogP contribution in [0.1, 0.15) is 11.1 Å². The maximum Gasteiger partial charge on any atom is 0.141 e. The normalized spacial score (nSPS) is 10.4. The molecule has 0 unspecified atom stereocenters. The molecule has 1 aromatic carbocycles. The third-order valence-electron chi connectivity index (χ3n) is 1.59. The average molecular weight is 258 g/mol. The van der Waals surface area contributed by atoms with Gasteiger partial charge in [-0.2, -0.15) is 5.26 Å². The van der Waals surface area contributed by atoms with Gasteiger partial charge in [-0.15, -0.1) is 0 Å². The Balaban J connectivity index is 3.17. The summed E-state index contributed by atoms with van der Waals surface area (Å²) < 4.78 is 26.2. The molecular weight excluding hydrogens is 252 g/mol. The Morgan fingerprint density at radius 2 is 2.07 bits per heavy atom. The van der Waals surface area contributed by atoms with Crippen molar-refractivity contribution in [2.75, 3.05) is 5.33 Å². The van der Waals surface area contributed by atoms with Crippen LogP contribution in [0.15, 0.2) is 18.2 Å². The number of halogens is 3. The number of nitrogens with zero attached hydrogens (tertiary/aromatic N) is 1. The highest BCUT2D eigenvalue weighted by molar-refractivity contribution is 9.09. The molecule has 0 bridgehead atoms. The quantitative estimate of drug-likeness (QED) is 0.747. The monoisotopic (exact) mass is 257 g/mol. The molecule has 0 spiro atoms. The number of nitriles is 1. The summed E-state index contributed by atoms with van der Waals surface area (Å²) in [4.78, 5) is 0. The molecule has 0 heterocycles. The van der Waals surface area contributed by atoms with E-state index >= 15 is 0 Å². The van der Waals surface area contributed by atoms with Crippen molar-refractivity contribution in [1.82, 2.24) is 0 Å². The minimum atomic E-state index is -0.705. The Hall–Kier alpha value is -1.21. The zero-order valence-corrected chi connectivity index (χ0v) is 8.68. The molecule has 0 atom stereocenters. The number of rotatable bonds is 2. The molecule has 72 valence electrons. The summed E-state index contributed by atoms with van der Waals surface area (Å²) in [7, 11) is 0. The first-order valence-electron chi connectivity index (χ1n) is 3.80. The number of hydrogen-bond acceptors (Lipinski definition) is 1. The van der Waals surface area contributed by atoms with Crippen LogP contribution in [-0.2, 0) is 0 Å². The molecule has 0 aliphatic heterocycles. The fraction of sp³-hybridized carbons (Fsp3) is 0.100. The van der Waals surface area contributed by atoms with Crippen molar-refractivity contribution < 1.29 is 8.78 Å². The Morgan fingerprint density at radius 1 is 1.36 bits per heavy atom. The SMILES string of the molecule is N#Cc1cc(F)c(C=CCBr)cc1F. The van der Waals surface area contributed by atoms with E-state index < -0.39 is 11.6 Å². The van der Waals surface area contributed by atoms with Crippen molar-refractivity contribution in [3.63, 3.8) is 0 Å². The van der Waals surface area contributed by atoms with Crippen LogP contribution in [0.5, 0.6) is 0 Å². The predicted molar refractivity (Wildman–Crippen MR) is 53.9 cm³/mol. The van der Waals surface area contributed by atoms with Crippen LogP contribution in [0.4, 0.5) is 8.78 Å². The summed E-state index contributed by atoms with van der Waals surface area (Å²) in [5, 5.41) is 8.99. The van der Waals surface area contributed by atoms with E-state index in [9.17, 15) is 8.78 Å². The number of allylic oxidation sites excluding steroid dienone is 1. The number of alkyl halides is 1. The van der Waals surface area contributed by atoms with Crippen molar-refractivity contribution in [3.05, 3.63) is 41.0 Å². The van der Waals surface area contributed by atoms with Crippen LogP contribution in [0.2, 0.25) is 0 Å². The van der Waals surface area contributed by atoms with Crippen molar-refractivity contribution in [2.24, 2.45) is 0 Å². The maximum absolute atomic E-state index is 13.2. The van der Waals surface area contributed by atoms with E-state index in [0.29, 0.717) is 5.33 Å². The highest BCUT2D eigenvalue weighted by Crippen LogP contribution is 2.15. The van der Waals surface area contributed by atoms with E-state index in [-0.39, 0.29) is 11.1 Å². The third kappa shape index (κ3) is 2.39. The first-order valence-corrected chi connectivity index (χ1v) is 4.93. The Kier molecular flexibility index (Phi) is 3.78. The summed E-state index contributed by atoms with van der Waals surface area (Å²) in [5.41, 5.74) is -0.139. The van der Waals surface area contributed by atoms with Crippen molar-refractivity contribution in [1.29, 1.82) is 5.26 Å². The molecule has 0 N–H and O–H groups in total. The lowest BCUT2D eigenvalue weighted by molar-refractivity contribution is 0.594. The standard InChI is InChI=1S/C10H6BrF2N/c11-3-1-2-7-4-10(13)8(6-14)5-9(7)12/h1-2,4-5H,3H2. The summed E-state index contributed by atoms with van der Waals surface area (Å²) in [6, 6.07) is 3.47. The molecule has 0 aliphatic carbocycles. The van der Waals surface area contributed by atoms with Crippen molar-refractivity contribution in [2.45, 2.75) is 0 Å². The van der Waals surface area contributed by atoms with Crippen molar-refractivity contribution in [3.8, 4) is 6.07 Å². The molecule has 0 aliphatic rings. The van der Waals surface area contributed by atoms with Gasteiger partial charge in [0.25, 0.3) is 0 Å². The van der Waals surface area contributed by atoms with Gasteiger partial charge in [0.05, 0.1) is 5.56 Å². The van der Waals surface area contributed by atoms with Gasteiger partial charge in [0.15, 0.2) is 0 Å². The Bertz CT molecular complexity index is 407. The molecule has 0 saturated heterocycles. The lowest BCUT2D eigenvalue weighted by Gasteiger charge is -1.98. The lowest BCUT2D eigenvalue weighted by atomic mass is 10.1. The maximum atomic E-state index is 13.2. The van der Waals surface area contributed by atoms with Gasteiger partial charge in [-0.1, -0.05) is 28.1 Å². The average Bonchev–Trinajstić information content (AvgIpc) is 2.18. The molecule has 0 amide bonds. The Labute approximate surface area is 88.8 Å². The summed E-state index contributed by atoms with van der Waals surface area (Å²) in [6.07, 6.45) is 3.10. The second-order valence-corrected chi connectivity index (χ2v) is 3.17. The fourth-order valence-electron chi connectivity index (χ4n) is 0.947. The third-order valence-corrected chi connectivity index (χ3v) is 1.97. The van der Waals surface area contributed by atoms with Gasteiger partial charge in [0.2, 0.25) is 0 Å². The lowest BCUT2D eigenvalue weighted by Crippen LogP contribution is -1.90. The van der Waals surface area contributed by atoms with Crippen molar-refractivity contribution >= 4 is 22.0 Å². The van der Waals surface area contributed by atoms with Crippen LogP contribution >= 0.6 is 15.9 Å². The van der Waals surface area contributed by atoms with Gasteiger partial charge in [0, 0.05) is 10.9 Å². The summed E-state index contributed by atoms with van der Waals surface area (Å²) in [6.45, 7) is 0.